The first kappa shape index (κ1) is 12.0. The normalized spacial score (nSPS) is 10.0. The highest BCUT2D eigenvalue weighted by Crippen LogP contribution is 2.08. The number of rotatable bonds is 5. The predicted octanol–water partition coefficient (Wildman–Crippen LogP) is 1.02. The lowest BCUT2D eigenvalue weighted by atomic mass is 10.3. The van der Waals surface area contributed by atoms with Crippen LogP contribution in [0.3, 0.4) is 0 Å². The molecule has 4 nitrogen and oxygen atoms in total. The van der Waals surface area contributed by atoms with Gasteiger partial charge in [-0.1, -0.05) is 0 Å². The maximum atomic E-state index is 11.4. The molecule has 0 spiro atoms. The number of nitrogens with zero attached hydrogens (tertiary/aromatic N) is 1. The van der Waals surface area contributed by atoms with Gasteiger partial charge in [-0.2, -0.15) is 11.8 Å². The second-order valence-corrected chi connectivity index (χ2v) is 4.18. The maximum Gasteiger partial charge on any atom is 0.234 e. The fraction of sp³-hybridized carbons (Fsp3) is 0.400. The van der Waals surface area contributed by atoms with Crippen molar-refractivity contribution in [1.29, 1.82) is 0 Å². The van der Waals surface area contributed by atoms with Crippen molar-refractivity contribution in [2.45, 2.75) is 6.92 Å². The summed E-state index contributed by atoms with van der Waals surface area (Å²) in [6, 6.07) is 3.62. The van der Waals surface area contributed by atoms with E-state index in [9.17, 15) is 4.79 Å². The first-order valence-corrected chi connectivity index (χ1v) is 5.88. The summed E-state index contributed by atoms with van der Waals surface area (Å²) >= 11 is 1.53. The van der Waals surface area contributed by atoms with Crippen molar-refractivity contribution in [3.8, 4) is 0 Å². The van der Waals surface area contributed by atoms with Crippen LogP contribution in [0.2, 0.25) is 0 Å². The van der Waals surface area contributed by atoms with Gasteiger partial charge in [-0.15, -0.1) is 0 Å². The van der Waals surface area contributed by atoms with Crippen LogP contribution in [0, 0.1) is 6.92 Å². The van der Waals surface area contributed by atoms with Crippen molar-refractivity contribution >= 4 is 23.4 Å². The van der Waals surface area contributed by atoms with E-state index < -0.39 is 0 Å². The van der Waals surface area contributed by atoms with Crippen LogP contribution < -0.4 is 11.1 Å². The average Bonchev–Trinajstić information content (AvgIpc) is 2.18. The Balaban J connectivity index is 2.37. The Morgan fingerprint density at radius 2 is 2.47 bits per heavy atom. The van der Waals surface area contributed by atoms with Crippen LogP contribution in [0.4, 0.5) is 5.69 Å². The predicted molar refractivity (Wildman–Crippen MR) is 64.0 cm³/mol. The first-order chi connectivity index (χ1) is 7.22. The Bertz CT molecular complexity index is 330. The molecule has 0 fully saturated rings. The SMILES string of the molecule is Cc1cc(NC(=O)CSCCN)ccn1. The zero-order chi connectivity index (χ0) is 11.1. The molecule has 0 aromatic carbocycles. The lowest BCUT2D eigenvalue weighted by molar-refractivity contribution is -0.113. The summed E-state index contributed by atoms with van der Waals surface area (Å²) in [6.45, 7) is 2.49. The smallest absolute Gasteiger partial charge is 0.234 e. The minimum Gasteiger partial charge on any atom is -0.330 e. The van der Waals surface area contributed by atoms with Crippen molar-refractivity contribution < 1.29 is 4.79 Å². The summed E-state index contributed by atoms with van der Waals surface area (Å²) in [5, 5.41) is 2.80. The molecule has 3 N–H and O–H groups in total. The van der Waals surface area contributed by atoms with Gasteiger partial charge in [0.1, 0.15) is 0 Å². The first-order valence-electron chi connectivity index (χ1n) is 4.72. The van der Waals surface area contributed by atoms with Gasteiger partial charge >= 0.3 is 0 Å². The lowest BCUT2D eigenvalue weighted by Gasteiger charge is -2.04. The lowest BCUT2D eigenvalue weighted by Crippen LogP contribution is -2.15. The molecule has 1 aromatic rings. The second-order valence-electron chi connectivity index (χ2n) is 3.08. The minimum atomic E-state index is -0.000880. The summed E-state index contributed by atoms with van der Waals surface area (Å²) in [6.07, 6.45) is 1.68. The van der Waals surface area contributed by atoms with Gasteiger partial charge < -0.3 is 11.1 Å². The zero-order valence-electron chi connectivity index (χ0n) is 8.69. The number of carbonyl (C=O) groups is 1. The third kappa shape index (κ3) is 4.80. The molecule has 1 rings (SSSR count). The minimum absolute atomic E-state index is 0.000880. The van der Waals surface area contributed by atoms with Crippen LogP contribution in [-0.2, 0) is 4.79 Å². The van der Waals surface area contributed by atoms with Gasteiger partial charge in [0.25, 0.3) is 0 Å². The van der Waals surface area contributed by atoms with Crippen molar-refractivity contribution in [1.82, 2.24) is 4.98 Å². The third-order valence-electron chi connectivity index (χ3n) is 1.68. The number of aromatic nitrogens is 1. The van der Waals surface area contributed by atoms with E-state index >= 15 is 0 Å². The van der Waals surface area contributed by atoms with Gasteiger partial charge in [-0.3, -0.25) is 9.78 Å². The number of hydrogen-bond acceptors (Lipinski definition) is 4. The van der Waals surface area contributed by atoms with Crippen molar-refractivity contribution in [3.63, 3.8) is 0 Å². The van der Waals surface area contributed by atoms with E-state index in [1.165, 1.54) is 11.8 Å². The zero-order valence-corrected chi connectivity index (χ0v) is 9.51. The van der Waals surface area contributed by atoms with Crippen LogP contribution in [-0.4, -0.2) is 28.9 Å². The molecule has 1 amide bonds. The van der Waals surface area contributed by atoms with Crippen LogP contribution >= 0.6 is 11.8 Å². The monoisotopic (exact) mass is 225 g/mol. The number of amides is 1. The molecular formula is C10H15N3OS. The van der Waals surface area contributed by atoms with Gasteiger partial charge in [0.2, 0.25) is 5.91 Å². The van der Waals surface area contributed by atoms with E-state index in [0.717, 1.165) is 17.1 Å². The van der Waals surface area contributed by atoms with E-state index in [4.69, 9.17) is 5.73 Å². The van der Waals surface area contributed by atoms with E-state index in [1.54, 1.807) is 12.3 Å². The van der Waals surface area contributed by atoms with Crippen molar-refractivity contribution in [3.05, 3.63) is 24.0 Å². The number of anilines is 1. The summed E-state index contributed by atoms with van der Waals surface area (Å²) in [5.41, 5.74) is 7.01. The van der Waals surface area contributed by atoms with Crippen molar-refractivity contribution in [2.75, 3.05) is 23.4 Å². The topological polar surface area (TPSA) is 68.0 Å². The Hall–Kier alpha value is -1.07. The van der Waals surface area contributed by atoms with E-state index in [0.29, 0.717) is 12.3 Å². The molecule has 15 heavy (non-hydrogen) atoms. The molecule has 1 aromatic heterocycles. The molecule has 0 unspecified atom stereocenters. The number of nitrogens with two attached hydrogens (primary N) is 1. The molecule has 0 saturated heterocycles. The van der Waals surface area contributed by atoms with Crippen LogP contribution in [0.15, 0.2) is 18.3 Å². The Morgan fingerprint density at radius 1 is 1.67 bits per heavy atom. The number of nitrogens with one attached hydrogen (secondary N) is 1. The molecule has 82 valence electrons. The summed E-state index contributed by atoms with van der Waals surface area (Å²) in [7, 11) is 0. The quantitative estimate of drug-likeness (QED) is 0.734. The molecule has 5 heteroatoms. The molecule has 0 radical (unpaired) electrons. The van der Waals surface area contributed by atoms with Crippen LogP contribution in [0.1, 0.15) is 5.69 Å². The summed E-state index contributed by atoms with van der Waals surface area (Å²) in [5.74, 6) is 1.25. The highest BCUT2D eigenvalue weighted by molar-refractivity contribution is 7.99. The van der Waals surface area contributed by atoms with E-state index in [1.807, 2.05) is 13.0 Å². The molecular weight excluding hydrogens is 210 g/mol. The fourth-order valence-corrected chi connectivity index (χ4v) is 1.64. The van der Waals surface area contributed by atoms with Gasteiger partial charge in [-0.05, 0) is 19.1 Å². The van der Waals surface area contributed by atoms with E-state index in [2.05, 4.69) is 10.3 Å². The van der Waals surface area contributed by atoms with Gasteiger partial charge in [0.15, 0.2) is 0 Å². The average molecular weight is 225 g/mol. The van der Waals surface area contributed by atoms with Crippen molar-refractivity contribution in [2.24, 2.45) is 5.73 Å². The Kier molecular flexibility index (Phi) is 5.14. The number of aryl methyl sites for hydroxylation is 1. The van der Waals surface area contributed by atoms with Gasteiger partial charge in [0.05, 0.1) is 5.75 Å². The number of pyridine rings is 1. The maximum absolute atomic E-state index is 11.4. The molecule has 1 heterocycles. The van der Waals surface area contributed by atoms with Gasteiger partial charge in [-0.25, -0.2) is 0 Å². The van der Waals surface area contributed by atoms with Crippen LogP contribution in [0.25, 0.3) is 0 Å². The standard InChI is InChI=1S/C10H15N3OS/c1-8-6-9(2-4-12-8)13-10(14)7-15-5-3-11/h2,4,6H,3,5,7,11H2,1H3,(H,12,13,14). The molecule has 0 bridgehead atoms. The fourth-order valence-electron chi connectivity index (χ4n) is 1.07. The second kappa shape index (κ2) is 6.42. The molecule has 0 atom stereocenters. The Morgan fingerprint density at radius 3 is 3.13 bits per heavy atom. The molecule has 0 aliphatic carbocycles. The third-order valence-corrected chi connectivity index (χ3v) is 2.67. The van der Waals surface area contributed by atoms with E-state index in [-0.39, 0.29) is 5.91 Å². The molecule has 0 saturated carbocycles. The molecule has 0 aliphatic rings. The number of thioether (sulfide) groups is 1. The number of carbonyl (C=O) groups excluding carboxylic acids is 1. The number of hydrogen-bond donors (Lipinski definition) is 2. The van der Waals surface area contributed by atoms with Gasteiger partial charge in [0, 0.05) is 29.9 Å². The summed E-state index contributed by atoms with van der Waals surface area (Å²) in [4.78, 5) is 15.5. The largest absolute Gasteiger partial charge is 0.330 e. The summed E-state index contributed by atoms with van der Waals surface area (Å²) < 4.78 is 0. The Labute approximate surface area is 93.7 Å². The highest BCUT2D eigenvalue weighted by Gasteiger charge is 2.01. The highest BCUT2D eigenvalue weighted by atomic mass is 32.2. The molecule has 0 aliphatic heterocycles. The van der Waals surface area contributed by atoms with Crippen LogP contribution in [0.5, 0.6) is 0 Å².